The fourth-order valence-corrected chi connectivity index (χ4v) is 2.44. The molecule has 1 amide bonds. The first-order chi connectivity index (χ1) is 8.66. The van der Waals surface area contributed by atoms with Crippen molar-refractivity contribution in [3.63, 3.8) is 0 Å². The van der Waals surface area contributed by atoms with Crippen LogP contribution in [0.4, 0.5) is 4.39 Å². The molecule has 0 aromatic heterocycles. The molecule has 1 atom stereocenters. The normalized spacial score (nSPS) is 17.7. The van der Waals surface area contributed by atoms with Gasteiger partial charge in [0.25, 0.3) is 5.91 Å². The fraction of sp³-hybridized carbons (Fsp3) is 0.500. The standard InChI is InChI=1S/C14H18FNO2/c15-12-7-3-6-11(8-12)14(18)16-9-13(17)10-4-1-2-5-10/h3,6-8,10,13,17H,1-2,4-5,9H2,(H,16,18). The summed E-state index contributed by atoms with van der Waals surface area (Å²) in [7, 11) is 0. The van der Waals surface area contributed by atoms with Gasteiger partial charge in [0.2, 0.25) is 0 Å². The van der Waals surface area contributed by atoms with Crippen molar-refractivity contribution in [3.8, 4) is 0 Å². The second kappa shape index (κ2) is 5.96. The van der Waals surface area contributed by atoms with Gasteiger partial charge in [-0.05, 0) is 37.0 Å². The van der Waals surface area contributed by atoms with Gasteiger partial charge in [0.15, 0.2) is 0 Å². The zero-order chi connectivity index (χ0) is 13.0. The number of carbonyl (C=O) groups is 1. The van der Waals surface area contributed by atoms with Crippen molar-refractivity contribution in [3.05, 3.63) is 35.6 Å². The highest BCUT2D eigenvalue weighted by Crippen LogP contribution is 2.27. The van der Waals surface area contributed by atoms with E-state index < -0.39 is 11.9 Å². The second-order valence-electron chi connectivity index (χ2n) is 4.83. The molecule has 2 rings (SSSR count). The number of benzene rings is 1. The Morgan fingerprint density at radius 1 is 1.44 bits per heavy atom. The van der Waals surface area contributed by atoms with Crippen LogP contribution in [0.5, 0.6) is 0 Å². The Morgan fingerprint density at radius 3 is 2.83 bits per heavy atom. The lowest BCUT2D eigenvalue weighted by Crippen LogP contribution is -2.35. The van der Waals surface area contributed by atoms with Crippen LogP contribution in [-0.2, 0) is 0 Å². The van der Waals surface area contributed by atoms with Crippen molar-refractivity contribution in [2.75, 3.05) is 6.54 Å². The summed E-state index contributed by atoms with van der Waals surface area (Å²) in [6.07, 6.45) is 3.86. The van der Waals surface area contributed by atoms with Crippen LogP contribution in [0.3, 0.4) is 0 Å². The molecular weight excluding hydrogens is 233 g/mol. The molecule has 1 aliphatic rings. The lowest BCUT2D eigenvalue weighted by atomic mass is 10.0. The fourth-order valence-electron chi connectivity index (χ4n) is 2.44. The number of rotatable bonds is 4. The third-order valence-electron chi connectivity index (χ3n) is 3.50. The molecule has 4 heteroatoms. The number of halogens is 1. The Kier molecular flexibility index (Phi) is 4.31. The molecule has 0 radical (unpaired) electrons. The van der Waals surface area contributed by atoms with Crippen LogP contribution in [0.25, 0.3) is 0 Å². The Morgan fingerprint density at radius 2 is 2.17 bits per heavy atom. The summed E-state index contributed by atoms with van der Waals surface area (Å²) in [6.45, 7) is 0.236. The number of nitrogens with one attached hydrogen (secondary N) is 1. The van der Waals surface area contributed by atoms with Gasteiger partial charge in [-0.25, -0.2) is 4.39 Å². The first-order valence-corrected chi connectivity index (χ1v) is 6.38. The highest BCUT2D eigenvalue weighted by atomic mass is 19.1. The molecule has 98 valence electrons. The number of carbonyl (C=O) groups excluding carboxylic acids is 1. The molecule has 1 aromatic carbocycles. The lowest BCUT2D eigenvalue weighted by molar-refractivity contribution is 0.0840. The second-order valence-corrected chi connectivity index (χ2v) is 4.83. The van der Waals surface area contributed by atoms with E-state index in [0.29, 0.717) is 0 Å². The van der Waals surface area contributed by atoms with Crippen LogP contribution in [0, 0.1) is 11.7 Å². The molecule has 2 N–H and O–H groups in total. The Hall–Kier alpha value is -1.42. The van der Waals surface area contributed by atoms with Gasteiger partial charge in [0.05, 0.1) is 6.10 Å². The first kappa shape index (κ1) is 13.0. The van der Waals surface area contributed by atoms with Crippen LogP contribution in [-0.4, -0.2) is 23.7 Å². The molecule has 1 fully saturated rings. The van der Waals surface area contributed by atoms with E-state index in [2.05, 4.69) is 5.32 Å². The molecule has 18 heavy (non-hydrogen) atoms. The summed E-state index contributed by atoms with van der Waals surface area (Å²) in [5.41, 5.74) is 0.286. The molecule has 0 aliphatic heterocycles. The number of aliphatic hydroxyl groups is 1. The zero-order valence-corrected chi connectivity index (χ0v) is 10.2. The van der Waals surface area contributed by atoms with Crippen molar-refractivity contribution in [1.82, 2.24) is 5.32 Å². The van der Waals surface area contributed by atoms with Crippen LogP contribution < -0.4 is 5.32 Å². The maximum absolute atomic E-state index is 12.9. The van der Waals surface area contributed by atoms with Gasteiger partial charge in [0.1, 0.15) is 5.82 Å². The van der Waals surface area contributed by atoms with E-state index in [1.807, 2.05) is 0 Å². The monoisotopic (exact) mass is 251 g/mol. The molecule has 1 aromatic rings. The minimum atomic E-state index is -0.495. The topological polar surface area (TPSA) is 49.3 Å². The van der Waals surface area contributed by atoms with Crippen LogP contribution in [0.1, 0.15) is 36.0 Å². The number of hydrogen-bond acceptors (Lipinski definition) is 2. The van der Waals surface area contributed by atoms with Crippen molar-refractivity contribution in [1.29, 1.82) is 0 Å². The molecule has 0 saturated heterocycles. The highest BCUT2D eigenvalue weighted by molar-refractivity contribution is 5.94. The van der Waals surface area contributed by atoms with Gasteiger partial charge >= 0.3 is 0 Å². The van der Waals surface area contributed by atoms with Gasteiger partial charge < -0.3 is 10.4 Å². The third-order valence-corrected chi connectivity index (χ3v) is 3.50. The van der Waals surface area contributed by atoms with Gasteiger partial charge in [-0.3, -0.25) is 4.79 Å². The largest absolute Gasteiger partial charge is 0.391 e. The summed E-state index contributed by atoms with van der Waals surface area (Å²) >= 11 is 0. The lowest BCUT2D eigenvalue weighted by Gasteiger charge is -2.18. The summed E-state index contributed by atoms with van der Waals surface area (Å²) < 4.78 is 12.9. The van der Waals surface area contributed by atoms with Crippen molar-refractivity contribution < 1.29 is 14.3 Å². The predicted molar refractivity (Wildman–Crippen MR) is 66.7 cm³/mol. The molecule has 0 bridgehead atoms. The molecule has 0 spiro atoms. The predicted octanol–water partition coefficient (Wildman–Crippen LogP) is 2.11. The Balaban J connectivity index is 1.84. The quantitative estimate of drug-likeness (QED) is 0.861. The minimum Gasteiger partial charge on any atom is -0.391 e. The summed E-state index contributed by atoms with van der Waals surface area (Å²) in [4.78, 5) is 11.7. The van der Waals surface area contributed by atoms with Crippen LogP contribution in [0.15, 0.2) is 24.3 Å². The molecule has 0 heterocycles. The smallest absolute Gasteiger partial charge is 0.251 e. The number of hydrogen-bond donors (Lipinski definition) is 2. The Bertz CT molecular complexity index is 416. The minimum absolute atomic E-state index is 0.236. The van der Waals surface area contributed by atoms with E-state index >= 15 is 0 Å². The van der Waals surface area contributed by atoms with E-state index in [4.69, 9.17) is 0 Å². The third kappa shape index (κ3) is 3.29. The highest BCUT2D eigenvalue weighted by Gasteiger charge is 2.23. The summed E-state index contributed by atoms with van der Waals surface area (Å²) in [5, 5.41) is 12.6. The summed E-state index contributed by atoms with van der Waals surface area (Å²) in [5.74, 6) is -0.483. The molecule has 3 nitrogen and oxygen atoms in total. The summed E-state index contributed by atoms with van der Waals surface area (Å²) in [6, 6.07) is 5.54. The van der Waals surface area contributed by atoms with Crippen LogP contribution in [0.2, 0.25) is 0 Å². The van der Waals surface area contributed by atoms with Gasteiger partial charge in [-0.15, -0.1) is 0 Å². The molecule has 1 saturated carbocycles. The van der Waals surface area contributed by atoms with Crippen molar-refractivity contribution >= 4 is 5.91 Å². The van der Waals surface area contributed by atoms with E-state index in [-0.39, 0.29) is 23.9 Å². The average Bonchev–Trinajstić information content (AvgIpc) is 2.89. The molecule has 1 unspecified atom stereocenters. The number of aliphatic hydroxyl groups excluding tert-OH is 1. The SMILES string of the molecule is O=C(NCC(O)C1CCCC1)c1cccc(F)c1. The van der Waals surface area contributed by atoms with Crippen molar-refractivity contribution in [2.45, 2.75) is 31.8 Å². The van der Waals surface area contributed by atoms with Crippen LogP contribution >= 0.6 is 0 Å². The van der Waals surface area contributed by atoms with E-state index in [1.54, 1.807) is 6.07 Å². The van der Waals surface area contributed by atoms with Gasteiger partial charge in [-0.2, -0.15) is 0 Å². The van der Waals surface area contributed by atoms with Crippen molar-refractivity contribution in [2.24, 2.45) is 5.92 Å². The van der Waals surface area contributed by atoms with E-state index in [9.17, 15) is 14.3 Å². The van der Waals surface area contributed by atoms with Gasteiger partial charge in [0, 0.05) is 12.1 Å². The van der Waals surface area contributed by atoms with Gasteiger partial charge in [-0.1, -0.05) is 18.9 Å². The maximum atomic E-state index is 12.9. The average molecular weight is 251 g/mol. The zero-order valence-electron chi connectivity index (χ0n) is 10.2. The molecule has 1 aliphatic carbocycles. The number of amides is 1. The van der Waals surface area contributed by atoms with E-state index in [0.717, 1.165) is 25.7 Å². The Labute approximate surface area is 106 Å². The first-order valence-electron chi connectivity index (χ1n) is 6.38. The maximum Gasteiger partial charge on any atom is 0.251 e. The molecular formula is C14H18FNO2. The van der Waals surface area contributed by atoms with E-state index in [1.165, 1.54) is 18.2 Å².